The molecule has 0 amide bonds. The third-order valence-electron chi connectivity index (χ3n) is 2.25. The van der Waals surface area contributed by atoms with Crippen molar-refractivity contribution in [1.29, 1.82) is 0 Å². The third-order valence-corrected chi connectivity index (χ3v) is 2.25. The first-order valence-electron chi connectivity index (χ1n) is 5.35. The van der Waals surface area contributed by atoms with Crippen molar-refractivity contribution in [3.8, 4) is 5.75 Å². The van der Waals surface area contributed by atoms with Crippen molar-refractivity contribution in [2.75, 3.05) is 0 Å². The minimum absolute atomic E-state index is 0.153. The molecule has 0 aliphatic carbocycles. The summed E-state index contributed by atoms with van der Waals surface area (Å²) in [5.74, 6) is 1.58. The van der Waals surface area contributed by atoms with Gasteiger partial charge in [0, 0.05) is 12.5 Å². The smallest absolute Gasteiger partial charge is 0.174 e. The van der Waals surface area contributed by atoms with Gasteiger partial charge >= 0.3 is 0 Å². The second-order valence-corrected chi connectivity index (χ2v) is 3.79. The monoisotopic (exact) mass is 231 g/mol. The second kappa shape index (κ2) is 5.30. The van der Waals surface area contributed by atoms with Crippen LogP contribution in [0.3, 0.4) is 0 Å². The SMILES string of the molecule is CC(=O)Cc1ccc(OCc2ccno2)cc1. The van der Waals surface area contributed by atoms with Crippen molar-refractivity contribution >= 4 is 5.78 Å². The molecule has 1 aromatic carbocycles. The highest BCUT2D eigenvalue weighted by molar-refractivity contribution is 5.78. The highest BCUT2D eigenvalue weighted by Gasteiger charge is 2.01. The Balaban J connectivity index is 1.91. The van der Waals surface area contributed by atoms with E-state index in [1.165, 1.54) is 0 Å². The van der Waals surface area contributed by atoms with Gasteiger partial charge in [-0.1, -0.05) is 17.3 Å². The maximum Gasteiger partial charge on any atom is 0.174 e. The number of rotatable bonds is 5. The molecule has 2 rings (SSSR count). The highest BCUT2D eigenvalue weighted by atomic mass is 16.5. The summed E-state index contributed by atoms with van der Waals surface area (Å²) in [6.45, 7) is 1.93. The number of ether oxygens (including phenoxy) is 1. The third kappa shape index (κ3) is 3.45. The van der Waals surface area contributed by atoms with E-state index >= 15 is 0 Å². The molecule has 0 aliphatic heterocycles. The van der Waals surface area contributed by atoms with Crippen molar-refractivity contribution in [3.63, 3.8) is 0 Å². The molecule has 4 nitrogen and oxygen atoms in total. The maximum atomic E-state index is 10.9. The van der Waals surface area contributed by atoms with Crippen molar-refractivity contribution < 1.29 is 14.1 Å². The molecule has 0 saturated heterocycles. The molecule has 2 aromatic rings. The van der Waals surface area contributed by atoms with Crippen LogP contribution in [0.25, 0.3) is 0 Å². The van der Waals surface area contributed by atoms with Crippen LogP contribution in [0.15, 0.2) is 41.1 Å². The molecule has 17 heavy (non-hydrogen) atoms. The van der Waals surface area contributed by atoms with Gasteiger partial charge in [0.05, 0.1) is 6.20 Å². The zero-order valence-electron chi connectivity index (χ0n) is 9.55. The quantitative estimate of drug-likeness (QED) is 0.792. The number of hydrogen-bond donors (Lipinski definition) is 0. The highest BCUT2D eigenvalue weighted by Crippen LogP contribution is 2.14. The summed E-state index contributed by atoms with van der Waals surface area (Å²) in [5, 5.41) is 3.59. The average molecular weight is 231 g/mol. The zero-order valence-corrected chi connectivity index (χ0v) is 9.55. The van der Waals surface area contributed by atoms with Gasteiger partial charge in [-0.15, -0.1) is 0 Å². The van der Waals surface area contributed by atoms with Crippen molar-refractivity contribution in [3.05, 3.63) is 47.9 Å². The summed E-state index contributed by atoms with van der Waals surface area (Å²) in [6, 6.07) is 9.21. The van der Waals surface area contributed by atoms with Crippen molar-refractivity contribution in [2.45, 2.75) is 20.0 Å². The predicted molar refractivity (Wildman–Crippen MR) is 61.7 cm³/mol. The number of aromatic nitrogens is 1. The second-order valence-electron chi connectivity index (χ2n) is 3.79. The minimum Gasteiger partial charge on any atom is -0.486 e. The van der Waals surface area contributed by atoms with E-state index in [9.17, 15) is 4.79 Å². The Labute approximate surface area is 99.2 Å². The van der Waals surface area contributed by atoms with Gasteiger partial charge in [-0.05, 0) is 24.6 Å². The molecule has 0 bridgehead atoms. The standard InChI is InChI=1S/C13H13NO3/c1-10(15)8-11-2-4-12(5-3-11)16-9-13-6-7-14-17-13/h2-7H,8-9H2,1H3. The molecule has 0 N–H and O–H groups in total. The van der Waals surface area contributed by atoms with Gasteiger partial charge in [-0.3, -0.25) is 4.79 Å². The Morgan fingerprint density at radius 1 is 1.29 bits per heavy atom. The Kier molecular flexibility index (Phi) is 3.55. The molecule has 0 fully saturated rings. The van der Waals surface area contributed by atoms with Gasteiger partial charge in [0.25, 0.3) is 0 Å². The van der Waals surface area contributed by atoms with E-state index in [1.54, 1.807) is 19.2 Å². The van der Waals surface area contributed by atoms with E-state index in [-0.39, 0.29) is 5.78 Å². The minimum atomic E-state index is 0.153. The predicted octanol–water partition coefficient (Wildman–Crippen LogP) is 2.39. The van der Waals surface area contributed by atoms with Crippen LogP contribution in [-0.4, -0.2) is 10.9 Å². The molecule has 4 heteroatoms. The van der Waals surface area contributed by atoms with Gasteiger partial charge in [0.1, 0.15) is 18.1 Å². The first kappa shape index (κ1) is 11.4. The molecular weight excluding hydrogens is 218 g/mol. The van der Waals surface area contributed by atoms with Crippen LogP contribution < -0.4 is 4.74 Å². The fraction of sp³-hybridized carbons (Fsp3) is 0.231. The summed E-state index contributed by atoms with van der Waals surface area (Å²) in [4.78, 5) is 10.9. The van der Waals surface area contributed by atoms with E-state index in [0.29, 0.717) is 18.8 Å². The maximum absolute atomic E-state index is 10.9. The molecule has 0 aliphatic rings. The Hall–Kier alpha value is -2.10. The first-order chi connectivity index (χ1) is 8.24. The van der Waals surface area contributed by atoms with Crippen LogP contribution >= 0.6 is 0 Å². The molecule has 0 radical (unpaired) electrons. The number of Topliss-reactive ketones (excluding diaryl/α,β-unsaturated/α-hetero) is 1. The van der Waals surface area contributed by atoms with E-state index in [4.69, 9.17) is 9.26 Å². The molecule has 88 valence electrons. The summed E-state index contributed by atoms with van der Waals surface area (Å²) >= 11 is 0. The number of nitrogens with zero attached hydrogens (tertiary/aromatic N) is 1. The van der Waals surface area contributed by atoms with Gasteiger partial charge in [-0.2, -0.15) is 0 Å². The Bertz CT molecular complexity index is 474. The first-order valence-corrected chi connectivity index (χ1v) is 5.35. The fourth-order valence-corrected chi connectivity index (χ4v) is 1.46. The summed E-state index contributed by atoms with van der Waals surface area (Å²) in [5.41, 5.74) is 0.990. The van der Waals surface area contributed by atoms with Crippen LogP contribution in [0.1, 0.15) is 18.2 Å². The normalized spacial score (nSPS) is 10.2. The Morgan fingerprint density at radius 2 is 2.06 bits per heavy atom. The van der Waals surface area contributed by atoms with E-state index in [1.807, 2.05) is 24.3 Å². The summed E-state index contributed by atoms with van der Waals surface area (Å²) in [6.07, 6.45) is 2.04. The van der Waals surface area contributed by atoms with Crippen LogP contribution in [0.4, 0.5) is 0 Å². The van der Waals surface area contributed by atoms with E-state index < -0.39 is 0 Å². The van der Waals surface area contributed by atoms with Gasteiger partial charge < -0.3 is 9.26 Å². The number of ketones is 1. The number of carbonyl (C=O) groups excluding carboxylic acids is 1. The fourth-order valence-electron chi connectivity index (χ4n) is 1.46. The summed E-state index contributed by atoms with van der Waals surface area (Å²) < 4.78 is 10.4. The lowest BCUT2D eigenvalue weighted by atomic mass is 10.1. The lowest BCUT2D eigenvalue weighted by Crippen LogP contribution is -1.97. The van der Waals surface area contributed by atoms with Gasteiger partial charge in [-0.25, -0.2) is 0 Å². The lowest BCUT2D eigenvalue weighted by Gasteiger charge is -2.04. The van der Waals surface area contributed by atoms with Gasteiger partial charge in [0.2, 0.25) is 0 Å². The molecule has 0 spiro atoms. The largest absolute Gasteiger partial charge is 0.486 e. The molecule has 0 atom stereocenters. The van der Waals surface area contributed by atoms with E-state index in [0.717, 1.165) is 11.3 Å². The summed E-state index contributed by atoms with van der Waals surface area (Å²) in [7, 11) is 0. The Morgan fingerprint density at radius 3 is 2.65 bits per heavy atom. The van der Waals surface area contributed by atoms with Crippen molar-refractivity contribution in [2.24, 2.45) is 0 Å². The van der Waals surface area contributed by atoms with Crippen LogP contribution in [-0.2, 0) is 17.8 Å². The van der Waals surface area contributed by atoms with Crippen molar-refractivity contribution in [1.82, 2.24) is 5.16 Å². The average Bonchev–Trinajstić information content (AvgIpc) is 2.80. The molecule has 0 unspecified atom stereocenters. The van der Waals surface area contributed by atoms with Crippen LogP contribution in [0, 0.1) is 0 Å². The molecule has 1 aromatic heterocycles. The number of carbonyl (C=O) groups is 1. The van der Waals surface area contributed by atoms with Gasteiger partial charge in [0.15, 0.2) is 5.76 Å². The lowest BCUT2D eigenvalue weighted by molar-refractivity contribution is -0.116. The molecule has 1 heterocycles. The molecular formula is C13H13NO3. The van der Waals surface area contributed by atoms with Crippen LogP contribution in [0.2, 0.25) is 0 Å². The zero-order chi connectivity index (χ0) is 12.1. The number of hydrogen-bond acceptors (Lipinski definition) is 4. The number of benzene rings is 1. The van der Waals surface area contributed by atoms with E-state index in [2.05, 4.69) is 5.16 Å². The topological polar surface area (TPSA) is 52.3 Å². The van der Waals surface area contributed by atoms with Crippen LogP contribution in [0.5, 0.6) is 5.75 Å². The molecule has 0 saturated carbocycles.